The second kappa shape index (κ2) is 3.78. The summed E-state index contributed by atoms with van der Waals surface area (Å²) in [4.78, 5) is 4.46. The van der Waals surface area contributed by atoms with Gasteiger partial charge in [-0.05, 0) is 12.1 Å². The predicted molar refractivity (Wildman–Crippen MR) is 65.9 cm³/mol. The SMILES string of the molecule is Nc1c(Cl)cnn1Cc1cn2ccccc2n1. The minimum absolute atomic E-state index is 0.462. The number of nitrogen functional groups attached to an aromatic ring is 1. The largest absolute Gasteiger partial charge is 0.383 e. The standard InChI is InChI=1S/C11H10ClN5/c12-9-5-14-17(11(9)13)7-8-6-16-4-2-1-3-10(16)15-8/h1-6H,7,13H2. The second-order valence-corrected chi connectivity index (χ2v) is 4.14. The van der Waals surface area contributed by atoms with Crippen LogP contribution in [0.1, 0.15) is 5.69 Å². The number of imidazole rings is 1. The summed E-state index contributed by atoms with van der Waals surface area (Å²) in [6.45, 7) is 0.514. The van der Waals surface area contributed by atoms with E-state index in [1.54, 1.807) is 4.68 Å². The van der Waals surface area contributed by atoms with Crippen LogP contribution < -0.4 is 5.73 Å². The first-order valence-electron chi connectivity index (χ1n) is 5.13. The van der Waals surface area contributed by atoms with Gasteiger partial charge < -0.3 is 10.1 Å². The Morgan fingerprint density at radius 2 is 2.24 bits per heavy atom. The normalized spacial score (nSPS) is 11.1. The molecule has 3 aromatic rings. The van der Waals surface area contributed by atoms with E-state index in [1.807, 2.05) is 35.0 Å². The molecule has 0 bridgehead atoms. The van der Waals surface area contributed by atoms with E-state index in [0.717, 1.165) is 11.3 Å². The molecule has 0 unspecified atom stereocenters. The Morgan fingerprint density at radius 3 is 2.94 bits per heavy atom. The van der Waals surface area contributed by atoms with Crippen LogP contribution in [0.5, 0.6) is 0 Å². The molecule has 3 aromatic heterocycles. The monoisotopic (exact) mass is 247 g/mol. The number of anilines is 1. The maximum Gasteiger partial charge on any atom is 0.141 e. The third kappa shape index (κ3) is 1.74. The summed E-state index contributed by atoms with van der Waals surface area (Å²) >= 11 is 5.84. The van der Waals surface area contributed by atoms with Gasteiger partial charge >= 0.3 is 0 Å². The quantitative estimate of drug-likeness (QED) is 0.751. The maximum atomic E-state index is 5.84. The van der Waals surface area contributed by atoms with Crippen LogP contribution in [0.3, 0.4) is 0 Å². The molecule has 5 nitrogen and oxygen atoms in total. The molecule has 0 spiro atoms. The molecule has 0 saturated carbocycles. The smallest absolute Gasteiger partial charge is 0.141 e. The van der Waals surface area contributed by atoms with Gasteiger partial charge in [-0.1, -0.05) is 17.7 Å². The molecule has 0 aromatic carbocycles. The van der Waals surface area contributed by atoms with E-state index in [9.17, 15) is 0 Å². The first-order chi connectivity index (χ1) is 8.24. The van der Waals surface area contributed by atoms with Gasteiger partial charge in [0.05, 0.1) is 18.4 Å². The van der Waals surface area contributed by atoms with Crippen LogP contribution in [-0.2, 0) is 6.54 Å². The zero-order valence-electron chi connectivity index (χ0n) is 8.92. The van der Waals surface area contributed by atoms with E-state index in [-0.39, 0.29) is 0 Å². The number of fused-ring (bicyclic) bond motifs is 1. The number of halogens is 1. The number of aromatic nitrogens is 4. The van der Waals surface area contributed by atoms with Crippen molar-refractivity contribution >= 4 is 23.1 Å². The van der Waals surface area contributed by atoms with Crippen molar-refractivity contribution in [2.75, 3.05) is 5.73 Å². The molecule has 0 aliphatic rings. The fraction of sp³-hybridized carbons (Fsp3) is 0.0909. The van der Waals surface area contributed by atoms with Crippen molar-refractivity contribution in [1.82, 2.24) is 19.2 Å². The topological polar surface area (TPSA) is 61.1 Å². The van der Waals surface area contributed by atoms with Gasteiger partial charge in [0.25, 0.3) is 0 Å². The van der Waals surface area contributed by atoms with E-state index in [4.69, 9.17) is 17.3 Å². The molecule has 0 amide bonds. The van der Waals surface area contributed by atoms with Crippen molar-refractivity contribution in [2.24, 2.45) is 0 Å². The Kier molecular flexibility index (Phi) is 2.26. The van der Waals surface area contributed by atoms with E-state index in [2.05, 4.69) is 10.1 Å². The average molecular weight is 248 g/mol. The fourth-order valence-corrected chi connectivity index (χ4v) is 1.86. The van der Waals surface area contributed by atoms with Crippen LogP contribution in [0.4, 0.5) is 5.82 Å². The number of hydrogen-bond acceptors (Lipinski definition) is 3. The van der Waals surface area contributed by atoms with Gasteiger partial charge in [-0.3, -0.25) is 0 Å². The average Bonchev–Trinajstić information content (AvgIpc) is 2.87. The number of rotatable bonds is 2. The van der Waals surface area contributed by atoms with Crippen molar-refractivity contribution in [3.05, 3.63) is 47.5 Å². The Morgan fingerprint density at radius 1 is 1.35 bits per heavy atom. The third-order valence-corrected chi connectivity index (χ3v) is 2.85. The van der Waals surface area contributed by atoms with Crippen LogP contribution in [0.15, 0.2) is 36.8 Å². The molecular formula is C11H10ClN5. The summed E-state index contributed by atoms with van der Waals surface area (Å²) in [5.74, 6) is 0.462. The van der Waals surface area contributed by atoms with Gasteiger partial charge in [-0.15, -0.1) is 0 Å². The third-order valence-electron chi connectivity index (χ3n) is 2.56. The van der Waals surface area contributed by atoms with Crippen molar-refractivity contribution in [2.45, 2.75) is 6.54 Å². The number of hydrogen-bond donors (Lipinski definition) is 1. The molecule has 6 heteroatoms. The summed E-state index contributed by atoms with van der Waals surface area (Å²) in [6.07, 6.45) is 5.43. The summed E-state index contributed by atoms with van der Waals surface area (Å²) in [7, 11) is 0. The van der Waals surface area contributed by atoms with E-state index < -0.39 is 0 Å². The highest BCUT2D eigenvalue weighted by molar-refractivity contribution is 6.32. The molecule has 0 radical (unpaired) electrons. The van der Waals surface area contributed by atoms with Gasteiger partial charge in [0.15, 0.2) is 0 Å². The lowest BCUT2D eigenvalue weighted by molar-refractivity contribution is 0.686. The Hall–Kier alpha value is -2.01. The molecule has 0 aliphatic heterocycles. The molecule has 3 heterocycles. The van der Waals surface area contributed by atoms with Crippen LogP contribution in [-0.4, -0.2) is 19.2 Å². The number of pyridine rings is 1. The minimum Gasteiger partial charge on any atom is -0.383 e. The summed E-state index contributed by atoms with van der Waals surface area (Å²) < 4.78 is 3.58. The summed E-state index contributed by atoms with van der Waals surface area (Å²) in [5, 5.41) is 4.56. The van der Waals surface area contributed by atoms with Crippen molar-refractivity contribution < 1.29 is 0 Å². The van der Waals surface area contributed by atoms with Crippen molar-refractivity contribution in [3.63, 3.8) is 0 Å². The van der Waals surface area contributed by atoms with E-state index >= 15 is 0 Å². The molecule has 0 aliphatic carbocycles. The summed E-state index contributed by atoms with van der Waals surface area (Å²) in [5.41, 5.74) is 7.57. The fourth-order valence-electron chi connectivity index (χ4n) is 1.71. The lowest BCUT2D eigenvalue weighted by Gasteiger charge is -2.00. The molecule has 3 rings (SSSR count). The number of nitrogens with zero attached hydrogens (tertiary/aromatic N) is 4. The molecule has 0 atom stereocenters. The minimum atomic E-state index is 0.462. The highest BCUT2D eigenvalue weighted by atomic mass is 35.5. The van der Waals surface area contributed by atoms with Crippen LogP contribution in [0.25, 0.3) is 5.65 Å². The lowest BCUT2D eigenvalue weighted by atomic mass is 10.5. The summed E-state index contributed by atoms with van der Waals surface area (Å²) in [6, 6.07) is 5.85. The molecule has 86 valence electrons. The Bertz CT molecular complexity index is 636. The maximum absolute atomic E-state index is 5.84. The van der Waals surface area contributed by atoms with Crippen LogP contribution >= 0.6 is 11.6 Å². The second-order valence-electron chi connectivity index (χ2n) is 3.73. The van der Waals surface area contributed by atoms with E-state index in [1.165, 1.54) is 6.20 Å². The first kappa shape index (κ1) is 10.2. The van der Waals surface area contributed by atoms with Crippen molar-refractivity contribution in [3.8, 4) is 0 Å². The molecule has 0 saturated heterocycles. The zero-order chi connectivity index (χ0) is 11.8. The zero-order valence-corrected chi connectivity index (χ0v) is 9.67. The van der Waals surface area contributed by atoms with Gasteiger partial charge in [0.1, 0.15) is 16.5 Å². The van der Waals surface area contributed by atoms with Gasteiger partial charge in [-0.25, -0.2) is 9.67 Å². The number of nitrogens with two attached hydrogens (primary N) is 1. The van der Waals surface area contributed by atoms with Crippen LogP contribution in [0, 0.1) is 0 Å². The Labute approximate surface area is 102 Å². The molecule has 0 fully saturated rings. The van der Waals surface area contributed by atoms with Crippen molar-refractivity contribution in [1.29, 1.82) is 0 Å². The van der Waals surface area contributed by atoms with Gasteiger partial charge in [-0.2, -0.15) is 5.10 Å². The predicted octanol–water partition coefficient (Wildman–Crippen LogP) is 1.81. The first-order valence-corrected chi connectivity index (χ1v) is 5.51. The Balaban J connectivity index is 1.97. The lowest BCUT2D eigenvalue weighted by Crippen LogP contribution is -2.05. The van der Waals surface area contributed by atoms with E-state index in [0.29, 0.717) is 17.4 Å². The molecule has 2 N–H and O–H groups in total. The van der Waals surface area contributed by atoms with Gasteiger partial charge in [0.2, 0.25) is 0 Å². The highest BCUT2D eigenvalue weighted by Gasteiger charge is 2.07. The molecule has 17 heavy (non-hydrogen) atoms. The van der Waals surface area contributed by atoms with Crippen LogP contribution in [0.2, 0.25) is 5.02 Å². The molecular weight excluding hydrogens is 238 g/mol. The van der Waals surface area contributed by atoms with Gasteiger partial charge in [0, 0.05) is 12.4 Å². The highest BCUT2D eigenvalue weighted by Crippen LogP contribution is 2.18.